The quantitative estimate of drug-likeness (QED) is 0.461. The van der Waals surface area contributed by atoms with E-state index >= 15 is 0 Å². The highest BCUT2D eigenvalue weighted by molar-refractivity contribution is 5.92. The van der Waals surface area contributed by atoms with Gasteiger partial charge in [-0.3, -0.25) is 9.59 Å². The summed E-state index contributed by atoms with van der Waals surface area (Å²) in [5, 5.41) is 5.55. The van der Waals surface area contributed by atoms with E-state index in [1.54, 1.807) is 24.3 Å². The lowest BCUT2D eigenvalue weighted by Crippen LogP contribution is -2.25. The van der Waals surface area contributed by atoms with E-state index in [1.165, 1.54) is 6.26 Å². The molecule has 0 atom stereocenters. The molecule has 0 unspecified atom stereocenters. The minimum Gasteiger partial charge on any atom is -0.459 e. The molecule has 146 valence electrons. The Labute approximate surface area is 166 Å². The third kappa shape index (κ3) is 4.52. The molecule has 2 aromatic carbocycles. The summed E-state index contributed by atoms with van der Waals surface area (Å²) in [6.45, 7) is 0.392. The number of amides is 2. The maximum atomic E-state index is 12.1. The lowest BCUT2D eigenvalue weighted by Gasteiger charge is -2.06. The molecule has 0 saturated heterocycles. The number of nitrogens with one attached hydrogen (secondary N) is 2. The predicted octanol–water partition coefficient (Wildman–Crippen LogP) is 4.24. The van der Waals surface area contributed by atoms with Gasteiger partial charge in [-0.15, -0.1) is 0 Å². The molecule has 7 nitrogen and oxygen atoms in total. The number of carbonyl (C=O) groups excluding carboxylic acids is 2. The van der Waals surface area contributed by atoms with Gasteiger partial charge in [0, 0.05) is 24.2 Å². The van der Waals surface area contributed by atoms with Crippen LogP contribution in [0.15, 0.2) is 75.8 Å². The second kappa shape index (κ2) is 8.43. The van der Waals surface area contributed by atoms with E-state index in [2.05, 4.69) is 15.6 Å². The second-order valence-corrected chi connectivity index (χ2v) is 6.45. The lowest BCUT2D eigenvalue weighted by atomic mass is 10.2. The van der Waals surface area contributed by atoms with Gasteiger partial charge in [-0.1, -0.05) is 12.1 Å². The standard InChI is InChI=1S/C22H19N3O4/c26-20(8-3-13-23-21(27)19-7-4-14-28-19)24-16-11-9-15(10-12-16)22-25-17-5-1-2-6-18(17)29-22/h1-2,4-7,9-12,14H,3,8,13H2,(H,23,27)(H,24,26). The van der Waals surface area contributed by atoms with Crippen molar-refractivity contribution in [2.24, 2.45) is 0 Å². The number of benzene rings is 2. The van der Waals surface area contributed by atoms with E-state index in [0.29, 0.717) is 31.0 Å². The van der Waals surface area contributed by atoms with Gasteiger partial charge in [0.1, 0.15) is 5.52 Å². The Kier molecular flexibility index (Phi) is 5.38. The van der Waals surface area contributed by atoms with Crippen LogP contribution in [0.4, 0.5) is 5.69 Å². The zero-order chi connectivity index (χ0) is 20.1. The Hall–Kier alpha value is -3.87. The number of para-hydroxylation sites is 2. The van der Waals surface area contributed by atoms with Crippen LogP contribution in [-0.4, -0.2) is 23.3 Å². The summed E-state index contributed by atoms with van der Waals surface area (Å²) < 4.78 is 10.8. The number of anilines is 1. The van der Waals surface area contributed by atoms with Crippen LogP contribution in [0, 0.1) is 0 Å². The summed E-state index contributed by atoms with van der Waals surface area (Å²) in [5.41, 5.74) is 3.06. The molecular formula is C22H19N3O4. The molecule has 4 rings (SSSR count). The normalized spacial score (nSPS) is 10.8. The number of fused-ring (bicyclic) bond motifs is 1. The van der Waals surface area contributed by atoms with Crippen molar-refractivity contribution in [3.8, 4) is 11.5 Å². The van der Waals surface area contributed by atoms with Crippen molar-refractivity contribution >= 4 is 28.6 Å². The molecule has 0 saturated carbocycles. The first-order chi connectivity index (χ1) is 14.2. The van der Waals surface area contributed by atoms with Gasteiger partial charge < -0.3 is 19.5 Å². The summed E-state index contributed by atoms with van der Waals surface area (Å²) in [6, 6.07) is 18.1. The lowest BCUT2D eigenvalue weighted by molar-refractivity contribution is -0.116. The van der Waals surface area contributed by atoms with Crippen molar-refractivity contribution in [2.45, 2.75) is 12.8 Å². The molecule has 0 aliphatic carbocycles. The van der Waals surface area contributed by atoms with Gasteiger partial charge in [-0.2, -0.15) is 0 Å². The van der Waals surface area contributed by atoms with Gasteiger partial charge in [0.25, 0.3) is 5.91 Å². The van der Waals surface area contributed by atoms with E-state index in [-0.39, 0.29) is 17.6 Å². The maximum absolute atomic E-state index is 12.1. The van der Waals surface area contributed by atoms with Crippen molar-refractivity contribution in [3.05, 3.63) is 72.7 Å². The van der Waals surface area contributed by atoms with Crippen LogP contribution >= 0.6 is 0 Å². The van der Waals surface area contributed by atoms with E-state index in [1.807, 2.05) is 36.4 Å². The molecule has 0 radical (unpaired) electrons. The molecule has 0 aliphatic heterocycles. The van der Waals surface area contributed by atoms with Crippen LogP contribution in [0.3, 0.4) is 0 Å². The Morgan fingerprint density at radius 3 is 2.55 bits per heavy atom. The molecule has 29 heavy (non-hydrogen) atoms. The number of nitrogens with zero attached hydrogens (tertiary/aromatic N) is 1. The van der Waals surface area contributed by atoms with Crippen molar-refractivity contribution in [2.75, 3.05) is 11.9 Å². The van der Waals surface area contributed by atoms with Gasteiger partial charge in [-0.05, 0) is 55.0 Å². The van der Waals surface area contributed by atoms with Gasteiger partial charge in [-0.25, -0.2) is 4.98 Å². The molecule has 7 heteroatoms. The SMILES string of the molecule is O=C(CCCNC(=O)c1ccco1)Nc1ccc(-c2nc3ccccc3o2)cc1. The molecular weight excluding hydrogens is 370 g/mol. The number of carbonyl (C=O) groups is 2. The zero-order valence-electron chi connectivity index (χ0n) is 15.6. The molecule has 4 aromatic rings. The number of oxazole rings is 1. The van der Waals surface area contributed by atoms with E-state index in [0.717, 1.165) is 16.7 Å². The minimum absolute atomic E-state index is 0.119. The highest BCUT2D eigenvalue weighted by Crippen LogP contribution is 2.25. The largest absolute Gasteiger partial charge is 0.459 e. The van der Waals surface area contributed by atoms with Gasteiger partial charge in [0.2, 0.25) is 11.8 Å². The fourth-order valence-corrected chi connectivity index (χ4v) is 2.86. The van der Waals surface area contributed by atoms with Crippen LogP contribution in [0.1, 0.15) is 23.4 Å². The van der Waals surface area contributed by atoms with Gasteiger partial charge in [0.05, 0.1) is 6.26 Å². The first-order valence-electron chi connectivity index (χ1n) is 9.26. The first kappa shape index (κ1) is 18.5. The van der Waals surface area contributed by atoms with E-state index < -0.39 is 0 Å². The fraction of sp³-hybridized carbons (Fsp3) is 0.136. The fourth-order valence-electron chi connectivity index (χ4n) is 2.86. The minimum atomic E-state index is -0.287. The predicted molar refractivity (Wildman–Crippen MR) is 108 cm³/mol. The average molecular weight is 389 g/mol. The molecule has 2 N–H and O–H groups in total. The molecule has 0 spiro atoms. The number of hydrogen-bond acceptors (Lipinski definition) is 5. The maximum Gasteiger partial charge on any atom is 0.286 e. The van der Waals surface area contributed by atoms with Crippen molar-refractivity contribution in [1.29, 1.82) is 0 Å². The van der Waals surface area contributed by atoms with E-state index in [4.69, 9.17) is 8.83 Å². The molecule has 0 bridgehead atoms. The molecule has 0 fully saturated rings. The Morgan fingerprint density at radius 2 is 1.79 bits per heavy atom. The monoisotopic (exact) mass is 389 g/mol. The summed E-state index contributed by atoms with van der Waals surface area (Å²) >= 11 is 0. The number of aromatic nitrogens is 1. The van der Waals surface area contributed by atoms with Crippen LogP contribution < -0.4 is 10.6 Å². The molecule has 2 heterocycles. The summed E-state index contributed by atoms with van der Waals surface area (Å²) in [5.74, 6) is 0.391. The second-order valence-electron chi connectivity index (χ2n) is 6.45. The molecule has 0 aliphatic rings. The Bertz CT molecular complexity index is 1080. The van der Waals surface area contributed by atoms with Crippen molar-refractivity contribution < 1.29 is 18.4 Å². The molecule has 2 amide bonds. The summed E-state index contributed by atoms with van der Waals surface area (Å²) in [4.78, 5) is 28.3. The average Bonchev–Trinajstić information content (AvgIpc) is 3.41. The topological polar surface area (TPSA) is 97.4 Å². The Balaban J connectivity index is 1.26. The first-order valence-corrected chi connectivity index (χ1v) is 9.26. The third-order valence-corrected chi connectivity index (χ3v) is 4.32. The van der Waals surface area contributed by atoms with Crippen LogP contribution in [-0.2, 0) is 4.79 Å². The van der Waals surface area contributed by atoms with Crippen LogP contribution in [0.2, 0.25) is 0 Å². The van der Waals surface area contributed by atoms with Gasteiger partial charge >= 0.3 is 0 Å². The van der Waals surface area contributed by atoms with Gasteiger partial charge in [0.15, 0.2) is 11.3 Å². The zero-order valence-corrected chi connectivity index (χ0v) is 15.6. The van der Waals surface area contributed by atoms with E-state index in [9.17, 15) is 9.59 Å². The molecule has 2 aromatic heterocycles. The Morgan fingerprint density at radius 1 is 0.966 bits per heavy atom. The smallest absolute Gasteiger partial charge is 0.286 e. The summed E-state index contributed by atoms with van der Waals surface area (Å²) in [7, 11) is 0. The van der Waals surface area contributed by atoms with Crippen molar-refractivity contribution in [1.82, 2.24) is 10.3 Å². The highest BCUT2D eigenvalue weighted by atomic mass is 16.3. The third-order valence-electron chi connectivity index (χ3n) is 4.32. The van der Waals surface area contributed by atoms with Crippen LogP contribution in [0.5, 0.6) is 0 Å². The number of hydrogen-bond donors (Lipinski definition) is 2. The van der Waals surface area contributed by atoms with Crippen LogP contribution in [0.25, 0.3) is 22.6 Å². The van der Waals surface area contributed by atoms with Crippen molar-refractivity contribution in [3.63, 3.8) is 0 Å². The summed E-state index contributed by atoms with van der Waals surface area (Å²) in [6.07, 6.45) is 2.27. The highest BCUT2D eigenvalue weighted by Gasteiger charge is 2.10. The number of rotatable bonds is 7. The number of furan rings is 1.